The summed E-state index contributed by atoms with van der Waals surface area (Å²) in [6.07, 6.45) is 3.10. The lowest BCUT2D eigenvalue weighted by atomic mass is 10.2. The summed E-state index contributed by atoms with van der Waals surface area (Å²) in [6, 6.07) is 12.0. The van der Waals surface area contributed by atoms with Crippen LogP contribution in [0.2, 0.25) is 0 Å². The predicted molar refractivity (Wildman–Crippen MR) is 58.9 cm³/mol. The molecular weight excluding hydrogens is 202 g/mol. The molecule has 1 N–H and O–H groups in total. The number of hydrogen-bond acceptors (Lipinski definition) is 3. The third kappa shape index (κ3) is 1.48. The molecule has 0 fully saturated rings. The molecular formula is C11H9N5. The van der Waals surface area contributed by atoms with E-state index < -0.39 is 0 Å². The van der Waals surface area contributed by atoms with Gasteiger partial charge in [-0.2, -0.15) is 10.2 Å². The Hall–Kier alpha value is -2.43. The van der Waals surface area contributed by atoms with Crippen molar-refractivity contribution in [1.29, 1.82) is 0 Å². The lowest BCUT2D eigenvalue weighted by molar-refractivity contribution is 0.835. The van der Waals surface area contributed by atoms with Gasteiger partial charge < -0.3 is 0 Å². The average Bonchev–Trinajstić information content (AvgIpc) is 3.01. The molecule has 78 valence electrons. The second-order valence-electron chi connectivity index (χ2n) is 3.35. The maximum atomic E-state index is 4.17. The maximum Gasteiger partial charge on any atom is 0.177 e. The molecule has 0 bridgehead atoms. The van der Waals surface area contributed by atoms with Crippen molar-refractivity contribution >= 4 is 0 Å². The molecule has 5 nitrogen and oxygen atoms in total. The van der Waals surface area contributed by atoms with Gasteiger partial charge in [0.15, 0.2) is 5.82 Å². The number of hydrogen-bond donors (Lipinski definition) is 1. The van der Waals surface area contributed by atoms with Crippen molar-refractivity contribution in [3.05, 3.63) is 49.1 Å². The minimum absolute atomic E-state index is 0.733. The van der Waals surface area contributed by atoms with E-state index in [1.165, 1.54) is 6.33 Å². The average molecular weight is 211 g/mol. The Bertz CT molecular complexity index is 567. The van der Waals surface area contributed by atoms with Gasteiger partial charge >= 0.3 is 0 Å². The van der Waals surface area contributed by atoms with Gasteiger partial charge in [-0.15, -0.1) is 0 Å². The summed E-state index contributed by atoms with van der Waals surface area (Å²) >= 11 is 0. The van der Waals surface area contributed by atoms with Gasteiger partial charge in [0.05, 0.1) is 5.69 Å². The molecule has 0 saturated heterocycles. The zero-order valence-corrected chi connectivity index (χ0v) is 8.41. The smallest absolute Gasteiger partial charge is 0.177 e. The Morgan fingerprint density at radius 2 is 2.00 bits per heavy atom. The number of benzene rings is 1. The molecule has 5 heteroatoms. The minimum atomic E-state index is 0.733. The van der Waals surface area contributed by atoms with Crippen LogP contribution >= 0.6 is 0 Å². The van der Waals surface area contributed by atoms with E-state index in [0.717, 1.165) is 17.1 Å². The highest BCUT2D eigenvalue weighted by Gasteiger charge is 2.04. The quantitative estimate of drug-likeness (QED) is 0.701. The molecule has 3 aromatic rings. The number of H-pyrrole nitrogens is 1. The van der Waals surface area contributed by atoms with Crippen LogP contribution in [0.3, 0.4) is 0 Å². The van der Waals surface area contributed by atoms with Crippen LogP contribution in [0.15, 0.2) is 49.1 Å². The van der Waals surface area contributed by atoms with Gasteiger partial charge in [0.25, 0.3) is 0 Å². The van der Waals surface area contributed by atoms with Crippen LogP contribution < -0.4 is 0 Å². The second kappa shape index (κ2) is 3.62. The minimum Gasteiger partial charge on any atom is -0.276 e. The molecule has 0 aliphatic rings. The van der Waals surface area contributed by atoms with Crippen LogP contribution in [0.4, 0.5) is 0 Å². The number of nitrogens with one attached hydrogen (secondary N) is 1. The van der Waals surface area contributed by atoms with Crippen molar-refractivity contribution in [3.63, 3.8) is 0 Å². The van der Waals surface area contributed by atoms with E-state index in [-0.39, 0.29) is 0 Å². The highest BCUT2D eigenvalue weighted by Crippen LogP contribution is 2.17. The third-order valence-corrected chi connectivity index (χ3v) is 2.30. The fourth-order valence-electron chi connectivity index (χ4n) is 1.52. The monoisotopic (exact) mass is 211 g/mol. The first-order valence-corrected chi connectivity index (χ1v) is 4.89. The van der Waals surface area contributed by atoms with Gasteiger partial charge in [-0.05, 0) is 5.56 Å². The summed E-state index contributed by atoms with van der Waals surface area (Å²) < 4.78 is 1.61. The van der Waals surface area contributed by atoms with Crippen LogP contribution in [-0.2, 0) is 0 Å². The molecule has 0 radical (unpaired) electrons. The molecule has 0 unspecified atom stereocenters. The van der Waals surface area contributed by atoms with Crippen molar-refractivity contribution in [2.75, 3.05) is 0 Å². The summed E-state index contributed by atoms with van der Waals surface area (Å²) in [7, 11) is 0. The fraction of sp³-hybridized carbons (Fsp3) is 0. The van der Waals surface area contributed by atoms with Crippen LogP contribution in [0, 0.1) is 0 Å². The molecule has 16 heavy (non-hydrogen) atoms. The molecule has 3 rings (SSSR count). The Labute approximate surface area is 91.8 Å². The van der Waals surface area contributed by atoms with E-state index in [1.807, 2.05) is 36.4 Å². The summed E-state index contributed by atoms with van der Waals surface area (Å²) in [4.78, 5) is 3.88. The van der Waals surface area contributed by atoms with Gasteiger partial charge in [-0.3, -0.25) is 5.10 Å². The number of aromatic amines is 1. The van der Waals surface area contributed by atoms with Crippen LogP contribution in [-0.4, -0.2) is 25.0 Å². The fourth-order valence-corrected chi connectivity index (χ4v) is 1.52. The van der Waals surface area contributed by atoms with E-state index in [4.69, 9.17) is 0 Å². The summed E-state index contributed by atoms with van der Waals surface area (Å²) in [6.45, 7) is 0. The van der Waals surface area contributed by atoms with Gasteiger partial charge in [-0.25, -0.2) is 9.67 Å². The Morgan fingerprint density at radius 3 is 2.75 bits per heavy atom. The van der Waals surface area contributed by atoms with Crippen molar-refractivity contribution in [1.82, 2.24) is 25.0 Å². The highest BCUT2D eigenvalue weighted by molar-refractivity contribution is 5.60. The molecule has 0 aliphatic carbocycles. The largest absolute Gasteiger partial charge is 0.276 e. The van der Waals surface area contributed by atoms with Crippen molar-refractivity contribution in [2.24, 2.45) is 0 Å². The van der Waals surface area contributed by atoms with E-state index in [0.29, 0.717) is 0 Å². The molecule has 0 amide bonds. The zero-order valence-electron chi connectivity index (χ0n) is 8.41. The molecule has 2 heterocycles. The lowest BCUT2D eigenvalue weighted by Gasteiger charge is -1.93. The highest BCUT2D eigenvalue weighted by atomic mass is 15.4. The Kier molecular flexibility index (Phi) is 2.00. The lowest BCUT2D eigenvalue weighted by Crippen LogP contribution is -1.93. The number of nitrogens with zero attached hydrogens (tertiary/aromatic N) is 4. The van der Waals surface area contributed by atoms with Crippen molar-refractivity contribution in [3.8, 4) is 17.1 Å². The summed E-state index contributed by atoms with van der Waals surface area (Å²) in [5.74, 6) is 0.733. The third-order valence-electron chi connectivity index (χ3n) is 2.30. The van der Waals surface area contributed by atoms with Crippen LogP contribution in [0.5, 0.6) is 0 Å². The molecule has 0 aliphatic heterocycles. The van der Waals surface area contributed by atoms with Gasteiger partial charge in [0.2, 0.25) is 0 Å². The first kappa shape index (κ1) is 8.84. The first-order valence-electron chi connectivity index (χ1n) is 4.89. The van der Waals surface area contributed by atoms with Crippen molar-refractivity contribution < 1.29 is 0 Å². The standard InChI is InChI=1S/C11H9N5/c1-2-4-9(5-3-1)10-6-11(15-14-10)16-8-12-7-13-16/h1-8H,(H,14,15). The maximum absolute atomic E-state index is 4.17. The van der Waals surface area contributed by atoms with Crippen LogP contribution in [0.1, 0.15) is 0 Å². The molecule has 1 aromatic carbocycles. The van der Waals surface area contributed by atoms with Crippen molar-refractivity contribution in [2.45, 2.75) is 0 Å². The molecule has 0 atom stereocenters. The van der Waals surface area contributed by atoms with E-state index in [2.05, 4.69) is 20.3 Å². The van der Waals surface area contributed by atoms with Gasteiger partial charge in [-0.1, -0.05) is 30.3 Å². The second-order valence-corrected chi connectivity index (χ2v) is 3.35. The predicted octanol–water partition coefficient (Wildman–Crippen LogP) is 1.66. The zero-order chi connectivity index (χ0) is 10.8. The number of aromatic nitrogens is 5. The first-order chi connectivity index (χ1) is 7.93. The SMILES string of the molecule is c1ccc(-c2cc(-n3cncn3)n[nH]2)cc1. The Morgan fingerprint density at radius 1 is 1.12 bits per heavy atom. The molecule has 2 aromatic heterocycles. The molecule has 0 saturated carbocycles. The van der Waals surface area contributed by atoms with Crippen LogP contribution in [0.25, 0.3) is 17.1 Å². The topological polar surface area (TPSA) is 59.4 Å². The van der Waals surface area contributed by atoms with Gasteiger partial charge in [0, 0.05) is 6.07 Å². The van der Waals surface area contributed by atoms with Gasteiger partial charge in [0.1, 0.15) is 12.7 Å². The Balaban J connectivity index is 2.00. The van der Waals surface area contributed by atoms with E-state index >= 15 is 0 Å². The summed E-state index contributed by atoms with van der Waals surface area (Å²) in [5, 5.41) is 11.2. The molecule has 0 spiro atoms. The number of rotatable bonds is 2. The van der Waals surface area contributed by atoms with E-state index in [9.17, 15) is 0 Å². The summed E-state index contributed by atoms with van der Waals surface area (Å²) in [5.41, 5.74) is 2.06. The normalized spacial score (nSPS) is 10.5. The van der Waals surface area contributed by atoms with E-state index in [1.54, 1.807) is 11.0 Å².